The third kappa shape index (κ3) is 6.40. The van der Waals surface area contributed by atoms with Crippen LogP contribution in [-0.2, 0) is 13.1 Å². The highest BCUT2D eigenvalue weighted by atomic mass is 32.2. The number of carbonyl (C=O) groups is 2. The van der Waals surface area contributed by atoms with Crippen molar-refractivity contribution in [3.05, 3.63) is 132 Å². The first-order chi connectivity index (χ1) is 21.1. The standard InChI is InChI=1S/C34H29N5O3S/c35-20-25-6-8-26(9-7-25)22-38-24-36-21-30(38)23-39(33(40)28-4-2-1-3-5-28)29-12-10-27(11-13-29)31-14-15-32(42-31)34(41)37-16-18-43-19-17-37/h1-15,21,24H,16-19,22-23H2. The first-order valence-corrected chi connectivity index (χ1v) is 15.2. The van der Waals surface area contributed by atoms with E-state index < -0.39 is 0 Å². The van der Waals surface area contributed by atoms with Crippen molar-refractivity contribution < 1.29 is 14.0 Å². The van der Waals surface area contributed by atoms with Gasteiger partial charge in [0, 0.05) is 54.2 Å². The Bertz CT molecular complexity index is 1750. The van der Waals surface area contributed by atoms with E-state index in [9.17, 15) is 9.59 Å². The molecule has 0 aliphatic carbocycles. The molecule has 5 aromatic rings. The third-order valence-electron chi connectivity index (χ3n) is 7.40. The predicted octanol–water partition coefficient (Wildman–Crippen LogP) is 6.10. The van der Waals surface area contributed by atoms with Crippen molar-refractivity contribution in [2.75, 3.05) is 29.5 Å². The number of amides is 2. The zero-order valence-electron chi connectivity index (χ0n) is 23.4. The van der Waals surface area contributed by atoms with E-state index in [1.165, 1.54) is 0 Å². The van der Waals surface area contributed by atoms with Crippen molar-refractivity contribution in [2.24, 2.45) is 0 Å². The fraction of sp³-hybridized carbons (Fsp3) is 0.176. The zero-order valence-corrected chi connectivity index (χ0v) is 24.2. The molecule has 9 heteroatoms. The van der Waals surface area contributed by atoms with Gasteiger partial charge in [-0.3, -0.25) is 9.59 Å². The van der Waals surface area contributed by atoms with Crippen LogP contribution in [0.25, 0.3) is 11.3 Å². The van der Waals surface area contributed by atoms with Gasteiger partial charge in [0.2, 0.25) is 0 Å². The lowest BCUT2D eigenvalue weighted by Crippen LogP contribution is -2.37. The van der Waals surface area contributed by atoms with E-state index in [-0.39, 0.29) is 11.8 Å². The number of aromatic nitrogens is 2. The first-order valence-electron chi connectivity index (χ1n) is 14.0. The summed E-state index contributed by atoms with van der Waals surface area (Å²) in [5.74, 6) is 2.60. The molecule has 2 amide bonds. The van der Waals surface area contributed by atoms with Gasteiger partial charge in [0.25, 0.3) is 11.8 Å². The molecule has 1 fully saturated rings. The fourth-order valence-electron chi connectivity index (χ4n) is 5.02. The number of nitrogens with zero attached hydrogens (tertiary/aromatic N) is 5. The zero-order chi connectivity index (χ0) is 29.6. The van der Waals surface area contributed by atoms with Crippen LogP contribution in [0.2, 0.25) is 0 Å². The van der Waals surface area contributed by atoms with E-state index in [1.54, 1.807) is 47.8 Å². The summed E-state index contributed by atoms with van der Waals surface area (Å²) in [4.78, 5) is 34.6. The first kappa shape index (κ1) is 28.1. The number of rotatable bonds is 8. The topological polar surface area (TPSA) is 95.4 Å². The second-order valence-corrected chi connectivity index (χ2v) is 11.4. The molecule has 1 aliphatic rings. The van der Waals surface area contributed by atoms with Crippen molar-refractivity contribution in [2.45, 2.75) is 13.1 Å². The summed E-state index contributed by atoms with van der Waals surface area (Å²) in [5, 5.41) is 9.11. The van der Waals surface area contributed by atoms with Crippen molar-refractivity contribution in [1.82, 2.24) is 14.5 Å². The van der Waals surface area contributed by atoms with Crippen molar-refractivity contribution in [3.8, 4) is 17.4 Å². The average Bonchev–Trinajstić information content (AvgIpc) is 3.74. The van der Waals surface area contributed by atoms with E-state index in [2.05, 4.69) is 11.1 Å². The van der Waals surface area contributed by atoms with Crippen molar-refractivity contribution in [1.29, 1.82) is 5.26 Å². The van der Waals surface area contributed by atoms with Crippen LogP contribution in [-0.4, -0.2) is 50.9 Å². The molecule has 0 spiro atoms. The molecule has 8 nitrogen and oxygen atoms in total. The molecule has 0 unspecified atom stereocenters. The maximum absolute atomic E-state index is 13.8. The number of nitriles is 1. The Balaban J connectivity index is 1.24. The Labute approximate surface area is 254 Å². The molecule has 0 N–H and O–H groups in total. The summed E-state index contributed by atoms with van der Waals surface area (Å²) in [6.07, 6.45) is 3.52. The molecule has 0 atom stereocenters. The Kier molecular flexibility index (Phi) is 8.38. The van der Waals surface area contributed by atoms with E-state index in [0.29, 0.717) is 35.7 Å². The molecule has 2 aromatic heterocycles. The second kappa shape index (κ2) is 12.8. The Morgan fingerprint density at radius 1 is 0.930 bits per heavy atom. The number of furan rings is 1. The number of imidazole rings is 1. The molecule has 1 saturated heterocycles. The molecule has 0 radical (unpaired) electrons. The molecule has 6 rings (SSSR count). The van der Waals surface area contributed by atoms with Crippen LogP contribution in [0.1, 0.15) is 37.7 Å². The quantitative estimate of drug-likeness (QED) is 0.218. The lowest BCUT2D eigenvalue weighted by atomic mass is 10.1. The molecule has 0 bridgehead atoms. The van der Waals surface area contributed by atoms with Gasteiger partial charge in [0.15, 0.2) is 5.76 Å². The van der Waals surface area contributed by atoms with Gasteiger partial charge < -0.3 is 18.8 Å². The lowest BCUT2D eigenvalue weighted by molar-refractivity contribution is 0.0741. The fourth-order valence-corrected chi connectivity index (χ4v) is 5.92. The lowest BCUT2D eigenvalue weighted by Gasteiger charge is -2.25. The number of benzene rings is 3. The van der Waals surface area contributed by atoms with E-state index in [1.807, 2.05) is 81.9 Å². The third-order valence-corrected chi connectivity index (χ3v) is 8.34. The van der Waals surface area contributed by atoms with Crippen molar-refractivity contribution in [3.63, 3.8) is 0 Å². The second-order valence-electron chi connectivity index (χ2n) is 10.2. The number of hydrogen-bond acceptors (Lipinski definition) is 6. The predicted molar refractivity (Wildman–Crippen MR) is 167 cm³/mol. The SMILES string of the molecule is N#Cc1ccc(Cn2cncc2CN(C(=O)c2ccccc2)c2ccc(-c3ccc(C(=O)N4CCSCC4)o3)cc2)cc1. The smallest absolute Gasteiger partial charge is 0.289 e. The Morgan fingerprint density at radius 3 is 2.40 bits per heavy atom. The van der Waals surface area contributed by atoms with Crippen LogP contribution in [0.5, 0.6) is 0 Å². The highest BCUT2D eigenvalue weighted by Crippen LogP contribution is 2.28. The summed E-state index contributed by atoms with van der Waals surface area (Å²) >= 11 is 1.85. The molecular weight excluding hydrogens is 558 g/mol. The Morgan fingerprint density at radius 2 is 1.67 bits per heavy atom. The van der Waals surface area contributed by atoms with Crippen LogP contribution < -0.4 is 4.90 Å². The minimum Gasteiger partial charge on any atom is -0.451 e. The van der Waals surface area contributed by atoms with E-state index >= 15 is 0 Å². The minimum atomic E-state index is -0.134. The molecule has 0 saturated carbocycles. The minimum absolute atomic E-state index is 0.0829. The van der Waals surface area contributed by atoms with Crippen LogP contribution >= 0.6 is 11.8 Å². The summed E-state index contributed by atoms with van der Waals surface area (Å²) in [7, 11) is 0. The van der Waals surface area contributed by atoms with Gasteiger partial charge in [-0.25, -0.2) is 4.98 Å². The van der Waals surface area contributed by atoms with Crippen LogP contribution in [0.4, 0.5) is 5.69 Å². The highest BCUT2D eigenvalue weighted by molar-refractivity contribution is 7.99. The van der Waals surface area contributed by atoms with Gasteiger partial charge in [-0.1, -0.05) is 30.3 Å². The van der Waals surface area contributed by atoms with E-state index in [0.717, 1.165) is 47.1 Å². The number of anilines is 1. The van der Waals surface area contributed by atoms with E-state index in [4.69, 9.17) is 9.68 Å². The molecular formula is C34H29N5O3S. The molecule has 214 valence electrons. The highest BCUT2D eigenvalue weighted by Gasteiger charge is 2.23. The van der Waals surface area contributed by atoms with Gasteiger partial charge in [0.1, 0.15) is 5.76 Å². The summed E-state index contributed by atoms with van der Waals surface area (Å²) < 4.78 is 7.97. The molecule has 1 aliphatic heterocycles. The average molecular weight is 588 g/mol. The summed E-state index contributed by atoms with van der Waals surface area (Å²) in [5.41, 5.74) is 4.61. The van der Waals surface area contributed by atoms with Gasteiger partial charge in [0.05, 0.1) is 30.2 Å². The maximum atomic E-state index is 13.8. The van der Waals surface area contributed by atoms with Gasteiger partial charge in [-0.2, -0.15) is 17.0 Å². The molecule has 43 heavy (non-hydrogen) atoms. The van der Waals surface area contributed by atoms with Crippen LogP contribution in [0.3, 0.4) is 0 Å². The maximum Gasteiger partial charge on any atom is 0.289 e. The van der Waals surface area contributed by atoms with Gasteiger partial charge in [-0.05, 0) is 66.2 Å². The monoisotopic (exact) mass is 587 g/mol. The number of thioether (sulfide) groups is 1. The largest absolute Gasteiger partial charge is 0.451 e. The molecule has 3 heterocycles. The van der Waals surface area contributed by atoms with Crippen LogP contribution in [0.15, 0.2) is 108 Å². The number of carbonyl (C=O) groups excluding carboxylic acids is 2. The Hall–Kier alpha value is -5.07. The summed E-state index contributed by atoms with van der Waals surface area (Å²) in [6.45, 7) is 2.32. The summed E-state index contributed by atoms with van der Waals surface area (Å²) in [6, 6.07) is 29.9. The van der Waals surface area contributed by atoms with Gasteiger partial charge in [-0.15, -0.1) is 0 Å². The van der Waals surface area contributed by atoms with Gasteiger partial charge >= 0.3 is 0 Å². The van der Waals surface area contributed by atoms with Crippen molar-refractivity contribution >= 4 is 29.3 Å². The molecule has 3 aromatic carbocycles. The normalized spacial score (nSPS) is 13.0. The number of hydrogen-bond donors (Lipinski definition) is 0. The van der Waals surface area contributed by atoms with Crippen LogP contribution in [0, 0.1) is 11.3 Å².